The van der Waals surface area contributed by atoms with Gasteiger partial charge in [-0.05, 0) is 34.7 Å². The van der Waals surface area contributed by atoms with Gasteiger partial charge in [-0.3, -0.25) is 4.90 Å². The number of ether oxygens (including phenoxy) is 1. The molecule has 9 heteroatoms. The topological polar surface area (TPSA) is 63.0 Å². The molecule has 7 nitrogen and oxygen atoms in total. The number of imidazole rings is 1. The van der Waals surface area contributed by atoms with Crippen LogP contribution in [0.1, 0.15) is 26.7 Å². The number of carbonyl (C=O) groups excluding carboxylic acids is 1. The summed E-state index contributed by atoms with van der Waals surface area (Å²) in [4.78, 5) is 20.7. The molecule has 2 unspecified atom stereocenters. The number of nitrogens with zero attached hydrogens (tertiary/aromatic N) is 5. The summed E-state index contributed by atoms with van der Waals surface area (Å²) in [6.07, 6.45) is 4.46. The van der Waals surface area contributed by atoms with Crippen molar-refractivity contribution in [2.45, 2.75) is 38.8 Å². The summed E-state index contributed by atoms with van der Waals surface area (Å²) < 4.78 is 22.2. The first-order chi connectivity index (χ1) is 12.4. The number of anilines is 1. The molecule has 2 atom stereocenters. The monoisotopic (exact) mass is 425 g/mol. The quantitative estimate of drug-likeness (QED) is 0.755. The maximum absolute atomic E-state index is 14.6. The summed E-state index contributed by atoms with van der Waals surface area (Å²) in [6.45, 7) is 5.57. The highest BCUT2D eigenvalue weighted by molar-refractivity contribution is 9.10. The molecule has 140 valence electrons. The molecule has 4 rings (SSSR count). The Kier molecular flexibility index (Phi) is 4.50. The smallest absolute Gasteiger partial charge is 0.410 e. The number of halogens is 2. The van der Waals surface area contributed by atoms with Gasteiger partial charge in [-0.1, -0.05) is 13.8 Å². The molecule has 2 aliphatic heterocycles. The van der Waals surface area contributed by atoms with Crippen LogP contribution in [0.2, 0.25) is 0 Å². The number of piperazine rings is 1. The molecule has 2 aliphatic rings. The Balaban J connectivity index is 1.58. The summed E-state index contributed by atoms with van der Waals surface area (Å²) in [5.41, 5.74) is 0.921. The van der Waals surface area contributed by atoms with Crippen molar-refractivity contribution in [2.24, 2.45) is 5.92 Å². The minimum absolute atomic E-state index is 0.0273. The van der Waals surface area contributed by atoms with Crippen LogP contribution in [0, 0.1) is 11.7 Å². The van der Waals surface area contributed by atoms with Crippen molar-refractivity contribution >= 4 is 33.4 Å². The van der Waals surface area contributed by atoms with Crippen LogP contribution in [-0.4, -0.2) is 57.4 Å². The van der Waals surface area contributed by atoms with Crippen molar-refractivity contribution in [2.75, 3.05) is 24.6 Å². The van der Waals surface area contributed by atoms with Gasteiger partial charge in [-0.15, -0.1) is 0 Å². The van der Waals surface area contributed by atoms with Crippen LogP contribution >= 0.6 is 15.9 Å². The third-order valence-corrected chi connectivity index (χ3v) is 5.32. The number of hydrogen-bond donors (Lipinski definition) is 0. The molecule has 4 heterocycles. The Hall–Kier alpha value is -1.90. The molecule has 2 aromatic rings. The average Bonchev–Trinajstić information content (AvgIpc) is 3.08. The molecule has 1 amide bonds. The lowest BCUT2D eigenvalue weighted by Crippen LogP contribution is -2.56. The second-order valence-electron chi connectivity index (χ2n) is 7.34. The molecule has 2 bridgehead atoms. The molecule has 2 fully saturated rings. The van der Waals surface area contributed by atoms with E-state index in [4.69, 9.17) is 4.74 Å². The van der Waals surface area contributed by atoms with Crippen LogP contribution in [0.4, 0.5) is 14.9 Å². The zero-order chi connectivity index (χ0) is 18.4. The Bertz CT molecular complexity index is 828. The summed E-state index contributed by atoms with van der Waals surface area (Å²) in [7, 11) is 0. The highest BCUT2D eigenvalue weighted by Crippen LogP contribution is 2.35. The van der Waals surface area contributed by atoms with Crippen LogP contribution < -0.4 is 4.90 Å². The third-order valence-electron chi connectivity index (χ3n) is 4.94. The van der Waals surface area contributed by atoms with Gasteiger partial charge in [0.15, 0.2) is 11.5 Å². The van der Waals surface area contributed by atoms with Crippen molar-refractivity contribution in [3.05, 3.63) is 22.8 Å². The number of aromatic nitrogens is 3. The Morgan fingerprint density at radius 3 is 2.73 bits per heavy atom. The maximum Gasteiger partial charge on any atom is 0.410 e. The maximum atomic E-state index is 14.6. The molecule has 0 spiro atoms. The molecule has 2 aromatic heterocycles. The van der Waals surface area contributed by atoms with Gasteiger partial charge in [-0.2, -0.15) is 5.10 Å². The van der Waals surface area contributed by atoms with E-state index in [9.17, 15) is 9.18 Å². The van der Waals surface area contributed by atoms with E-state index >= 15 is 0 Å². The molecule has 0 saturated carbocycles. The molecule has 2 saturated heterocycles. The van der Waals surface area contributed by atoms with E-state index in [1.807, 2.05) is 23.6 Å². The van der Waals surface area contributed by atoms with Gasteiger partial charge in [0.05, 0.1) is 31.1 Å². The normalized spacial score (nSPS) is 22.5. The van der Waals surface area contributed by atoms with Gasteiger partial charge in [0.25, 0.3) is 0 Å². The van der Waals surface area contributed by atoms with E-state index in [0.717, 1.165) is 12.8 Å². The number of rotatable bonds is 3. The minimum Gasteiger partial charge on any atom is -0.449 e. The lowest BCUT2D eigenvalue weighted by molar-refractivity contribution is 0.0704. The second-order valence-corrected chi connectivity index (χ2v) is 8.15. The van der Waals surface area contributed by atoms with Crippen molar-refractivity contribution in [1.29, 1.82) is 0 Å². The van der Waals surface area contributed by atoms with Crippen molar-refractivity contribution in [1.82, 2.24) is 19.5 Å². The number of hydrogen-bond acceptors (Lipinski definition) is 5. The molecule has 26 heavy (non-hydrogen) atoms. The Labute approximate surface area is 159 Å². The molecule has 0 aromatic carbocycles. The first-order valence-electron chi connectivity index (χ1n) is 8.83. The lowest BCUT2D eigenvalue weighted by atomic mass is 10.2. The van der Waals surface area contributed by atoms with E-state index in [0.29, 0.717) is 41.6 Å². The van der Waals surface area contributed by atoms with Crippen LogP contribution in [0.3, 0.4) is 0 Å². The fourth-order valence-electron chi connectivity index (χ4n) is 3.86. The number of amides is 1. The first kappa shape index (κ1) is 17.5. The fraction of sp³-hybridized carbons (Fsp3) is 0.588. The van der Waals surface area contributed by atoms with Gasteiger partial charge in [0, 0.05) is 13.1 Å². The first-order valence-corrected chi connectivity index (χ1v) is 9.62. The third kappa shape index (κ3) is 3.02. The highest BCUT2D eigenvalue weighted by atomic mass is 79.9. The van der Waals surface area contributed by atoms with Crippen LogP contribution in [0.25, 0.3) is 5.65 Å². The van der Waals surface area contributed by atoms with Crippen molar-refractivity contribution < 1.29 is 13.9 Å². The largest absolute Gasteiger partial charge is 0.449 e. The van der Waals surface area contributed by atoms with Gasteiger partial charge in [0.2, 0.25) is 0 Å². The predicted molar refractivity (Wildman–Crippen MR) is 97.7 cm³/mol. The summed E-state index contributed by atoms with van der Waals surface area (Å²) in [6, 6.07) is 0.0545. The zero-order valence-electron chi connectivity index (χ0n) is 14.7. The second kappa shape index (κ2) is 6.68. The van der Waals surface area contributed by atoms with E-state index in [1.54, 1.807) is 10.7 Å². The van der Waals surface area contributed by atoms with Crippen LogP contribution in [0.15, 0.2) is 17.0 Å². The van der Waals surface area contributed by atoms with Crippen LogP contribution in [0.5, 0.6) is 0 Å². The molecule has 0 N–H and O–H groups in total. The van der Waals surface area contributed by atoms with E-state index in [-0.39, 0.29) is 18.2 Å². The van der Waals surface area contributed by atoms with Gasteiger partial charge in [0.1, 0.15) is 10.3 Å². The SMILES string of the molecule is CC(C)COC(=O)N1C2CCC1CN(c1c(F)cnn3cc(Br)nc13)C2. The van der Waals surface area contributed by atoms with Gasteiger partial charge >= 0.3 is 6.09 Å². The highest BCUT2D eigenvalue weighted by Gasteiger charge is 2.44. The van der Waals surface area contributed by atoms with E-state index in [1.165, 1.54) is 6.20 Å². The van der Waals surface area contributed by atoms with Crippen LogP contribution in [-0.2, 0) is 4.74 Å². The molecular weight excluding hydrogens is 405 g/mol. The Morgan fingerprint density at radius 1 is 1.38 bits per heavy atom. The summed E-state index contributed by atoms with van der Waals surface area (Å²) in [5, 5.41) is 4.03. The van der Waals surface area contributed by atoms with Gasteiger partial charge < -0.3 is 9.64 Å². The molecule has 0 aliphatic carbocycles. The summed E-state index contributed by atoms with van der Waals surface area (Å²) >= 11 is 3.32. The number of fused-ring (bicyclic) bond motifs is 3. The summed E-state index contributed by atoms with van der Waals surface area (Å²) in [5.74, 6) is -0.0955. The van der Waals surface area contributed by atoms with E-state index in [2.05, 4.69) is 26.0 Å². The average molecular weight is 426 g/mol. The molecular formula is C17H21BrFN5O2. The van der Waals surface area contributed by atoms with Crippen molar-refractivity contribution in [3.63, 3.8) is 0 Å². The van der Waals surface area contributed by atoms with E-state index < -0.39 is 5.82 Å². The van der Waals surface area contributed by atoms with Crippen molar-refractivity contribution in [3.8, 4) is 0 Å². The molecule has 0 radical (unpaired) electrons. The fourth-order valence-corrected chi connectivity index (χ4v) is 4.22. The predicted octanol–water partition coefficient (Wildman–Crippen LogP) is 3.08. The standard InChI is InChI=1S/C17H21BrFN5O2/c1-10(2)9-26-17(25)24-11-3-4-12(24)7-22(6-11)15-13(19)5-20-23-8-14(18)21-16(15)23/h5,8,10-12H,3-4,6-7,9H2,1-2H3. The van der Waals surface area contributed by atoms with Gasteiger partial charge in [-0.25, -0.2) is 18.7 Å². The number of carbonyl (C=O) groups is 1. The zero-order valence-corrected chi connectivity index (χ0v) is 16.3. The minimum atomic E-state index is -0.397. The Morgan fingerprint density at radius 2 is 2.08 bits per heavy atom. The lowest BCUT2D eigenvalue weighted by Gasteiger charge is -2.41.